The van der Waals surface area contributed by atoms with Gasteiger partial charge in [0.15, 0.2) is 0 Å². The highest BCUT2D eigenvalue weighted by Crippen LogP contribution is 2.25. The maximum Gasteiger partial charge on any atom is 0.117 e. The Hall–Kier alpha value is -2.73. The van der Waals surface area contributed by atoms with Crippen LogP contribution in [0.2, 0.25) is 0 Å². The first-order valence-corrected chi connectivity index (χ1v) is 6.94. The molecule has 3 aromatic rings. The standard InChI is InChI=1S/C16H17N5O/c1-20(2)13-5-7-14(8-6-13)21-16(15(11-22)18-19-21)12-4-3-9-17-10-12/h3-10,22H,11H2,1-2H3. The van der Waals surface area contributed by atoms with Crippen LogP contribution in [0.15, 0.2) is 48.8 Å². The van der Waals surface area contributed by atoms with E-state index in [0.29, 0.717) is 5.69 Å². The zero-order valence-electron chi connectivity index (χ0n) is 12.5. The van der Waals surface area contributed by atoms with Gasteiger partial charge < -0.3 is 10.0 Å². The van der Waals surface area contributed by atoms with Gasteiger partial charge in [-0.05, 0) is 36.4 Å². The molecule has 112 valence electrons. The number of rotatable bonds is 4. The quantitative estimate of drug-likeness (QED) is 0.796. The van der Waals surface area contributed by atoms with Crippen LogP contribution >= 0.6 is 0 Å². The van der Waals surface area contributed by atoms with Gasteiger partial charge in [-0.25, -0.2) is 4.68 Å². The van der Waals surface area contributed by atoms with Crippen molar-refractivity contribution in [2.45, 2.75) is 6.61 Å². The van der Waals surface area contributed by atoms with Gasteiger partial charge in [0.25, 0.3) is 0 Å². The first kappa shape index (κ1) is 14.2. The fraction of sp³-hybridized carbons (Fsp3) is 0.188. The molecule has 0 fully saturated rings. The Labute approximate surface area is 128 Å². The molecule has 0 aliphatic heterocycles. The molecule has 0 spiro atoms. The van der Waals surface area contributed by atoms with E-state index in [9.17, 15) is 5.11 Å². The maximum atomic E-state index is 9.51. The van der Waals surface area contributed by atoms with Crippen LogP contribution in [-0.2, 0) is 6.61 Å². The molecule has 22 heavy (non-hydrogen) atoms. The zero-order chi connectivity index (χ0) is 15.5. The predicted octanol–water partition coefficient (Wildman–Crippen LogP) is 1.89. The Bertz CT molecular complexity index is 750. The van der Waals surface area contributed by atoms with Crippen molar-refractivity contribution in [1.82, 2.24) is 20.0 Å². The largest absolute Gasteiger partial charge is 0.390 e. The van der Waals surface area contributed by atoms with Crippen LogP contribution in [-0.4, -0.2) is 39.2 Å². The summed E-state index contributed by atoms with van der Waals surface area (Å²) in [5.74, 6) is 0. The molecule has 0 saturated heterocycles. The summed E-state index contributed by atoms with van der Waals surface area (Å²) in [5.41, 5.74) is 4.15. The highest BCUT2D eigenvalue weighted by Gasteiger charge is 2.15. The van der Waals surface area contributed by atoms with Gasteiger partial charge in [0.05, 0.1) is 12.3 Å². The number of benzene rings is 1. The third kappa shape index (κ3) is 2.56. The van der Waals surface area contributed by atoms with Gasteiger partial charge in [0.1, 0.15) is 11.4 Å². The molecule has 0 bridgehead atoms. The lowest BCUT2D eigenvalue weighted by Gasteiger charge is -2.13. The zero-order valence-corrected chi connectivity index (χ0v) is 12.5. The van der Waals surface area contributed by atoms with Crippen molar-refractivity contribution in [3.05, 3.63) is 54.5 Å². The van der Waals surface area contributed by atoms with Gasteiger partial charge in [-0.15, -0.1) is 5.10 Å². The van der Waals surface area contributed by atoms with E-state index in [1.165, 1.54) is 0 Å². The van der Waals surface area contributed by atoms with Crippen molar-refractivity contribution in [3.63, 3.8) is 0 Å². The van der Waals surface area contributed by atoms with E-state index in [2.05, 4.69) is 15.3 Å². The second kappa shape index (κ2) is 5.95. The molecule has 0 radical (unpaired) electrons. The molecule has 0 aliphatic carbocycles. The van der Waals surface area contributed by atoms with Crippen molar-refractivity contribution in [2.24, 2.45) is 0 Å². The molecule has 3 rings (SSSR count). The molecule has 0 amide bonds. The number of pyridine rings is 1. The van der Waals surface area contributed by atoms with Crippen molar-refractivity contribution < 1.29 is 5.11 Å². The molecule has 6 heteroatoms. The Balaban J connectivity index is 2.10. The molecule has 0 aliphatic rings. The number of aliphatic hydroxyl groups is 1. The molecular weight excluding hydrogens is 278 g/mol. The maximum absolute atomic E-state index is 9.51. The van der Waals surface area contributed by atoms with Gasteiger partial charge >= 0.3 is 0 Å². The highest BCUT2D eigenvalue weighted by atomic mass is 16.3. The van der Waals surface area contributed by atoms with E-state index in [-0.39, 0.29) is 6.61 Å². The van der Waals surface area contributed by atoms with E-state index >= 15 is 0 Å². The Morgan fingerprint density at radius 3 is 2.50 bits per heavy atom. The van der Waals surface area contributed by atoms with E-state index < -0.39 is 0 Å². The fourth-order valence-electron chi connectivity index (χ4n) is 2.28. The monoisotopic (exact) mass is 295 g/mol. The Morgan fingerprint density at radius 1 is 1.14 bits per heavy atom. The van der Waals surface area contributed by atoms with Crippen molar-refractivity contribution in [1.29, 1.82) is 0 Å². The van der Waals surface area contributed by atoms with E-state index in [0.717, 1.165) is 22.6 Å². The lowest BCUT2D eigenvalue weighted by Crippen LogP contribution is -2.08. The molecule has 0 saturated carbocycles. The molecule has 2 heterocycles. The van der Waals surface area contributed by atoms with Crippen molar-refractivity contribution in [3.8, 4) is 16.9 Å². The van der Waals surface area contributed by atoms with Crippen LogP contribution in [0.1, 0.15) is 5.69 Å². The molecule has 1 aromatic carbocycles. The third-order valence-corrected chi connectivity index (χ3v) is 3.44. The minimum atomic E-state index is -0.167. The third-order valence-electron chi connectivity index (χ3n) is 3.44. The SMILES string of the molecule is CN(C)c1ccc(-n2nnc(CO)c2-c2cccnc2)cc1. The van der Waals surface area contributed by atoms with Gasteiger partial charge in [-0.3, -0.25) is 4.98 Å². The molecule has 2 aromatic heterocycles. The number of aliphatic hydroxyl groups excluding tert-OH is 1. The lowest BCUT2D eigenvalue weighted by atomic mass is 10.1. The lowest BCUT2D eigenvalue weighted by molar-refractivity contribution is 0.277. The van der Waals surface area contributed by atoms with Crippen LogP contribution in [0.4, 0.5) is 5.69 Å². The van der Waals surface area contributed by atoms with Gasteiger partial charge in [-0.2, -0.15) is 0 Å². The number of hydrogen-bond donors (Lipinski definition) is 1. The second-order valence-corrected chi connectivity index (χ2v) is 5.11. The smallest absolute Gasteiger partial charge is 0.117 e. The Kier molecular flexibility index (Phi) is 3.84. The number of aromatic nitrogens is 4. The van der Waals surface area contributed by atoms with Crippen LogP contribution in [0, 0.1) is 0 Å². The minimum absolute atomic E-state index is 0.167. The first-order chi connectivity index (χ1) is 10.7. The number of hydrogen-bond acceptors (Lipinski definition) is 5. The summed E-state index contributed by atoms with van der Waals surface area (Å²) in [5, 5.41) is 17.8. The number of nitrogens with zero attached hydrogens (tertiary/aromatic N) is 5. The molecule has 0 atom stereocenters. The average Bonchev–Trinajstić information content (AvgIpc) is 2.99. The summed E-state index contributed by atoms with van der Waals surface area (Å²) in [7, 11) is 3.99. The summed E-state index contributed by atoms with van der Waals surface area (Å²) in [6.45, 7) is -0.167. The normalized spacial score (nSPS) is 10.7. The summed E-state index contributed by atoms with van der Waals surface area (Å²) in [6.07, 6.45) is 3.45. The molecule has 1 N–H and O–H groups in total. The summed E-state index contributed by atoms with van der Waals surface area (Å²) in [6, 6.07) is 11.8. The van der Waals surface area contributed by atoms with Crippen LogP contribution in [0.3, 0.4) is 0 Å². The minimum Gasteiger partial charge on any atom is -0.390 e. The summed E-state index contributed by atoms with van der Waals surface area (Å²) in [4.78, 5) is 6.16. The van der Waals surface area contributed by atoms with Crippen LogP contribution in [0.5, 0.6) is 0 Å². The summed E-state index contributed by atoms with van der Waals surface area (Å²) < 4.78 is 1.72. The fourth-order valence-corrected chi connectivity index (χ4v) is 2.28. The number of anilines is 1. The molecule has 0 unspecified atom stereocenters. The molecule has 6 nitrogen and oxygen atoms in total. The second-order valence-electron chi connectivity index (χ2n) is 5.11. The van der Waals surface area contributed by atoms with Gasteiger partial charge in [-0.1, -0.05) is 5.21 Å². The Morgan fingerprint density at radius 2 is 1.91 bits per heavy atom. The molecular formula is C16H17N5O. The van der Waals surface area contributed by atoms with E-state index in [1.807, 2.05) is 55.4 Å². The predicted molar refractivity (Wildman–Crippen MR) is 84.8 cm³/mol. The van der Waals surface area contributed by atoms with Crippen LogP contribution < -0.4 is 4.90 Å². The van der Waals surface area contributed by atoms with Crippen molar-refractivity contribution >= 4 is 5.69 Å². The van der Waals surface area contributed by atoms with Crippen molar-refractivity contribution in [2.75, 3.05) is 19.0 Å². The first-order valence-electron chi connectivity index (χ1n) is 6.94. The van der Waals surface area contributed by atoms with Gasteiger partial charge in [0.2, 0.25) is 0 Å². The topological polar surface area (TPSA) is 67.1 Å². The van der Waals surface area contributed by atoms with Crippen LogP contribution in [0.25, 0.3) is 16.9 Å². The average molecular weight is 295 g/mol. The van der Waals surface area contributed by atoms with E-state index in [1.54, 1.807) is 17.1 Å². The summed E-state index contributed by atoms with van der Waals surface area (Å²) >= 11 is 0. The van der Waals surface area contributed by atoms with Gasteiger partial charge in [0, 0.05) is 37.7 Å². The van der Waals surface area contributed by atoms with E-state index in [4.69, 9.17) is 0 Å². The highest BCUT2D eigenvalue weighted by molar-refractivity contribution is 5.63.